The summed E-state index contributed by atoms with van der Waals surface area (Å²) in [6.07, 6.45) is -0.630. The van der Waals surface area contributed by atoms with Crippen LogP contribution in [0.4, 0.5) is 0 Å². The summed E-state index contributed by atoms with van der Waals surface area (Å²) >= 11 is 0. The minimum Gasteiger partial charge on any atom is -0.390 e. The van der Waals surface area contributed by atoms with E-state index in [1.165, 1.54) is 6.92 Å². The predicted octanol–water partition coefficient (Wildman–Crippen LogP) is -0.439. The molecule has 0 amide bonds. The van der Waals surface area contributed by atoms with E-state index < -0.39 is 11.9 Å². The average molecular weight is 108 g/mol. The van der Waals surface area contributed by atoms with Crippen LogP contribution in [-0.4, -0.2) is 22.2 Å². The van der Waals surface area contributed by atoms with Gasteiger partial charge in [-0.3, -0.25) is 0 Å². The Morgan fingerprint density at radius 3 is 1.67 bits per heavy atom. The highest BCUT2D eigenvalue weighted by molar-refractivity contribution is 7.17. The van der Waals surface area contributed by atoms with E-state index >= 15 is 0 Å². The second kappa shape index (κ2) is 2.51. The lowest BCUT2D eigenvalue weighted by atomic mass is 10.4. The van der Waals surface area contributed by atoms with E-state index in [0.717, 1.165) is 0 Å². The van der Waals surface area contributed by atoms with Crippen molar-refractivity contribution in [2.45, 2.75) is 18.9 Å². The van der Waals surface area contributed by atoms with Crippen LogP contribution in [0, 0.1) is 0 Å². The van der Waals surface area contributed by atoms with E-state index in [1.807, 2.05) is 0 Å². The Labute approximate surface area is 39.4 Å². The third kappa shape index (κ3) is 2.58. The monoisotopic (exact) mass is 108 g/mol. The van der Waals surface area contributed by atoms with E-state index in [-0.39, 0.29) is 0 Å². The molecule has 0 rings (SSSR count). The fourth-order valence-corrected chi connectivity index (χ4v) is 0. The van der Waals surface area contributed by atoms with Gasteiger partial charge in [0.2, 0.25) is 0 Å². The maximum Gasteiger partial charge on any atom is 0.0928 e. The summed E-state index contributed by atoms with van der Waals surface area (Å²) in [5.74, 6) is -0.676. The molecule has 3 heteroatoms. The molecular formula is C3H9O2P. The molecule has 0 aromatic carbocycles. The number of aliphatic hydroxyl groups is 2. The molecule has 0 saturated heterocycles. The van der Waals surface area contributed by atoms with Crippen LogP contribution in [-0.2, 0) is 0 Å². The Hall–Kier alpha value is 0.350. The van der Waals surface area contributed by atoms with Gasteiger partial charge >= 0.3 is 0 Å². The largest absolute Gasteiger partial charge is 0.390 e. The van der Waals surface area contributed by atoms with Crippen molar-refractivity contribution in [3.05, 3.63) is 0 Å². The third-order valence-electron chi connectivity index (χ3n) is 0.494. The van der Waals surface area contributed by atoms with Gasteiger partial charge in [-0.1, -0.05) is 0 Å². The third-order valence-corrected chi connectivity index (χ3v) is 1.05. The molecule has 0 bridgehead atoms. The van der Waals surface area contributed by atoms with Gasteiger partial charge in [0.15, 0.2) is 0 Å². The molecule has 3 unspecified atom stereocenters. The molecule has 0 aromatic heterocycles. The lowest BCUT2D eigenvalue weighted by molar-refractivity contribution is 0.0867. The van der Waals surface area contributed by atoms with Crippen molar-refractivity contribution < 1.29 is 10.2 Å². The number of hydrogen-bond donors (Lipinski definition) is 2. The van der Waals surface area contributed by atoms with Crippen LogP contribution in [0.5, 0.6) is 0 Å². The summed E-state index contributed by atoms with van der Waals surface area (Å²) in [4.78, 5) is 0. The van der Waals surface area contributed by atoms with Gasteiger partial charge < -0.3 is 10.2 Å². The summed E-state index contributed by atoms with van der Waals surface area (Å²) in [5, 5.41) is 16.7. The quantitative estimate of drug-likeness (QED) is 0.447. The van der Waals surface area contributed by atoms with Crippen LogP contribution in [0.3, 0.4) is 0 Å². The molecule has 2 N–H and O–H groups in total. The lowest BCUT2D eigenvalue weighted by Gasteiger charge is -2.03. The molecule has 0 aliphatic rings. The van der Waals surface area contributed by atoms with E-state index in [2.05, 4.69) is 9.24 Å². The van der Waals surface area contributed by atoms with E-state index in [0.29, 0.717) is 0 Å². The van der Waals surface area contributed by atoms with Gasteiger partial charge in [0, 0.05) is 0 Å². The fraction of sp³-hybridized carbons (Fsp3) is 1.00. The maximum atomic E-state index is 8.36. The predicted molar refractivity (Wildman–Crippen MR) is 27.4 cm³/mol. The Kier molecular flexibility index (Phi) is 2.66. The molecule has 3 atom stereocenters. The normalized spacial score (nSPS) is 20.0. The van der Waals surface area contributed by atoms with Crippen molar-refractivity contribution in [1.82, 2.24) is 0 Å². The van der Waals surface area contributed by atoms with Crippen LogP contribution in [0.15, 0.2) is 0 Å². The zero-order chi connectivity index (χ0) is 5.15. The van der Waals surface area contributed by atoms with Crippen molar-refractivity contribution in [2.75, 3.05) is 0 Å². The van der Waals surface area contributed by atoms with Gasteiger partial charge in [-0.15, -0.1) is 9.24 Å². The van der Waals surface area contributed by atoms with Gasteiger partial charge in [0.1, 0.15) is 0 Å². The van der Waals surface area contributed by atoms with Gasteiger partial charge in [0.25, 0.3) is 0 Å². The van der Waals surface area contributed by atoms with Crippen LogP contribution < -0.4 is 0 Å². The van der Waals surface area contributed by atoms with Gasteiger partial charge in [-0.2, -0.15) is 0 Å². The minimum atomic E-state index is -0.676. The highest BCUT2D eigenvalue weighted by atomic mass is 31.0. The first-order valence-corrected chi connectivity index (χ1v) is 2.43. The van der Waals surface area contributed by atoms with Gasteiger partial charge in [-0.25, -0.2) is 0 Å². The summed E-state index contributed by atoms with van der Waals surface area (Å²) in [7, 11) is 2.08. The fourth-order valence-electron chi connectivity index (χ4n) is 0. The molecule has 0 aromatic rings. The second-order valence-corrected chi connectivity index (χ2v) is 1.91. The van der Waals surface area contributed by atoms with Gasteiger partial charge in [-0.05, 0) is 6.92 Å². The highest BCUT2D eigenvalue weighted by Gasteiger charge is 1.99. The molecule has 0 spiro atoms. The van der Waals surface area contributed by atoms with E-state index in [1.54, 1.807) is 0 Å². The molecular weight excluding hydrogens is 99.0 g/mol. The van der Waals surface area contributed by atoms with Crippen LogP contribution in [0.25, 0.3) is 0 Å². The zero-order valence-electron chi connectivity index (χ0n) is 3.63. The zero-order valence-corrected chi connectivity index (χ0v) is 4.78. The molecule has 6 heavy (non-hydrogen) atoms. The van der Waals surface area contributed by atoms with Crippen molar-refractivity contribution in [3.63, 3.8) is 0 Å². The number of aliphatic hydroxyl groups excluding tert-OH is 2. The van der Waals surface area contributed by atoms with E-state index in [9.17, 15) is 0 Å². The van der Waals surface area contributed by atoms with Crippen molar-refractivity contribution >= 4 is 9.24 Å². The number of rotatable bonds is 1. The summed E-state index contributed by atoms with van der Waals surface area (Å²) in [5.41, 5.74) is 0. The second-order valence-electron chi connectivity index (χ2n) is 1.23. The van der Waals surface area contributed by atoms with E-state index in [4.69, 9.17) is 10.2 Å². The molecule has 0 aliphatic carbocycles. The first kappa shape index (κ1) is 6.35. The average Bonchev–Trinajstić information content (AvgIpc) is 1.36. The molecule has 2 nitrogen and oxygen atoms in total. The smallest absolute Gasteiger partial charge is 0.0928 e. The standard InChI is InChI=1S/C3H9O2P/c1-2(4)3(5)6/h2-5H,6H2,1H3. The molecule has 0 radical (unpaired) electrons. The van der Waals surface area contributed by atoms with Crippen molar-refractivity contribution in [2.24, 2.45) is 0 Å². The first-order valence-electron chi connectivity index (χ1n) is 1.76. The molecule has 0 saturated carbocycles. The number of hydrogen-bond acceptors (Lipinski definition) is 2. The van der Waals surface area contributed by atoms with Gasteiger partial charge in [0.05, 0.1) is 11.9 Å². The van der Waals surface area contributed by atoms with Crippen molar-refractivity contribution in [3.8, 4) is 0 Å². The van der Waals surface area contributed by atoms with Crippen molar-refractivity contribution in [1.29, 1.82) is 0 Å². The molecule has 38 valence electrons. The molecule has 0 aliphatic heterocycles. The minimum absolute atomic E-state index is 0.630. The Balaban J connectivity index is 2.99. The van der Waals surface area contributed by atoms with Crippen LogP contribution >= 0.6 is 9.24 Å². The maximum absolute atomic E-state index is 8.36. The molecule has 0 fully saturated rings. The van der Waals surface area contributed by atoms with Crippen LogP contribution in [0.2, 0.25) is 0 Å². The first-order chi connectivity index (χ1) is 2.64. The Bertz CT molecular complexity index is 29.8. The molecule has 0 heterocycles. The highest BCUT2D eigenvalue weighted by Crippen LogP contribution is 1.98. The van der Waals surface area contributed by atoms with Crippen LogP contribution in [0.1, 0.15) is 6.92 Å². The SMILES string of the molecule is CC(O)C(O)P. The summed E-state index contributed by atoms with van der Waals surface area (Å²) < 4.78 is 0. The lowest BCUT2D eigenvalue weighted by Crippen LogP contribution is -2.13. The Morgan fingerprint density at radius 1 is 1.50 bits per heavy atom. The topological polar surface area (TPSA) is 40.5 Å². The Morgan fingerprint density at radius 2 is 1.67 bits per heavy atom. The summed E-state index contributed by atoms with van der Waals surface area (Å²) in [6.45, 7) is 1.53. The summed E-state index contributed by atoms with van der Waals surface area (Å²) in [6, 6.07) is 0.